The molecule has 116 valence electrons. The van der Waals surface area contributed by atoms with Crippen LogP contribution in [0.15, 0.2) is 53.9 Å². The van der Waals surface area contributed by atoms with Crippen LogP contribution in [-0.2, 0) is 6.42 Å². The summed E-state index contributed by atoms with van der Waals surface area (Å²) in [6, 6.07) is 11.0. The zero-order chi connectivity index (χ0) is 16.4. The van der Waals surface area contributed by atoms with E-state index >= 15 is 0 Å². The van der Waals surface area contributed by atoms with Crippen molar-refractivity contribution >= 4 is 17.3 Å². The van der Waals surface area contributed by atoms with E-state index < -0.39 is 0 Å². The van der Waals surface area contributed by atoms with E-state index in [1.165, 1.54) is 0 Å². The number of fused-ring (bicyclic) bond motifs is 1. The minimum Gasteiger partial charge on any atom is -0.409 e. The van der Waals surface area contributed by atoms with E-state index in [1.807, 2.05) is 37.4 Å². The zero-order valence-corrected chi connectivity index (χ0v) is 12.6. The number of amidine groups is 1. The van der Waals surface area contributed by atoms with Gasteiger partial charge in [-0.15, -0.1) is 0 Å². The van der Waals surface area contributed by atoms with Gasteiger partial charge in [0.1, 0.15) is 11.3 Å². The van der Waals surface area contributed by atoms with Crippen LogP contribution in [0.3, 0.4) is 0 Å². The van der Waals surface area contributed by atoms with Crippen molar-refractivity contribution in [2.24, 2.45) is 10.9 Å². The minimum absolute atomic E-state index is 0.0218. The van der Waals surface area contributed by atoms with Gasteiger partial charge in [-0.05, 0) is 36.2 Å². The number of benzene rings is 1. The van der Waals surface area contributed by atoms with Crippen LogP contribution >= 0.6 is 0 Å². The van der Waals surface area contributed by atoms with Crippen LogP contribution in [0.2, 0.25) is 0 Å². The lowest BCUT2D eigenvalue weighted by molar-refractivity contribution is 0.0987. The van der Waals surface area contributed by atoms with Gasteiger partial charge in [-0.3, -0.25) is 9.20 Å². The number of nitrogens with zero attached hydrogens (tertiary/aromatic N) is 3. The van der Waals surface area contributed by atoms with Gasteiger partial charge in [-0.1, -0.05) is 23.4 Å². The van der Waals surface area contributed by atoms with Crippen LogP contribution in [0, 0.1) is 6.92 Å². The highest BCUT2D eigenvalue weighted by Gasteiger charge is 2.14. The lowest BCUT2D eigenvalue weighted by atomic mass is 9.99. The highest BCUT2D eigenvalue weighted by atomic mass is 16.4. The fourth-order valence-electron chi connectivity index (χ4n) is 2.48. The number of ketones is 1. The number of carbonyl (C=O) groups is 1. The van der Waals surface area contributed by atoms with Gasteiger partial charge in [0.25, 0.3) is 0 Å². The molecule has 0 saturated heterocycles. The van der Waals surface area contributed by atoms with Gasteiger partial charge >= 0.3 is 0 Å². The average molecular weight is 308 g/mol. The third-order valence-corrected chi connectivity index (χ3v) is 3.81. The first-order valence-corrected chi connectivity index (χ1v) is 7.13. The van der Waals surface area contributed by atoms with E-state index in [0.29, 0.717) is 11.3 Å². The molecular weight excluding hydrogens is 292 g/mol. The Hall–Kier alpha value is -3.15. The Kier molecular flexibility index (Phi) is 3.80. The summed E-state index contributed by atoms with van der Waals surface area (Å²) >= 11 is 0. The molecule has 0 aliphatic heterocycles. The van der Waals surface area contributed by atoms with Gasteiger partial charge in [0.2, 0.25) is 0 Å². The number of hydrogen-bond acceptors (Lipinski definition) is 4. The van der Waals surface area contributed by atoms with Crippen molar-refractivity contribution in [3.63, 3.8) is 0 Å². The number of carbonyl (C=O) groups excluding carboxylic acids is 1. The van der Waals surface area contributed by atoms with Gasteiger partial charge in [-0.25, -0.2) is 4.98 Å². The molecule has 2 heterocycles. The molecular formula is C17H16N4O2. The second-order valence-corrected chi connectivity index (χ2v) is 5.30. The van der Waals surface area contributed by atoms with Crippen LogP contribution in [-0.4, -0.2) is 26.2 Å². The van der Waals surface area contributed by atoms with Crippen molar-refractivity contribution < 1.29 is 10.0 Å². The minimum atomic E-state index is -0.0385. The second-order valence-electron chi connectivity index (χ2n) is 5.30. The molecule has 3 N–H and O–H groups in total. The average Bonchev–Trinajstić information content (AvgIpc) is 3.00. The molecule has 0 fully saturated rings. The Morgan fingerprint density at radius 3 is 2.96 bits per heavy atom. The predicted octanol–water partition coefficient (Wildman–Crippen LogP) is 2.16. The molecule has 0 radical (unpaired) electrons. The fraction of sp³-hybridized carbons (Fsp3) is 0.118. The molecule has 6 nitrogen and oxygen atoms in total. The molecule has 3 aromatic rings. The van der Waals surface area contributed by atoms with E-state index in [-0.39, 0.29) is 18.0 Å². The zero-order valence-electron chi connectivity index (χ0n) is 12.6. The van der Waals surface area contributed by atoms with Crippen LogP contribution in [0.4, 0.5) is 0 Å². The molecule has 0 bridgehead atoms. The van der Waals surface area contributed by atoms with Crippen molar-refractivity contribution in [1.29, 1.82) is 0 Å². The van der Waals surface area contributed by atoms with Crippen molar-refractivity contribution in [1.82, 2.24) is 9.38 Å². The highest BCUT2D eigenvalue weighted by molar-refractivity contribution is 5.99. The molecule has 1 aromatic carbocycles. The number of imidazole rings is 1. The third kappa shape index (κ3) is 2.78. The summed E-state index contributed by atoms with van der Waals surface area (Å²) in [6.07, 6.45) is 3.62. The SMILES string of the molecule is Cc1ccc(/C(N)=N/O)cc1CC(=O)c1cnc2ccccn12. The van der Waals surface area contributed by atoms with Crippen LogP contribution in [0.5, 0.6) is 0 Å². The first kappa shape index (κ1) is 14.8. The molecule has 0 unspecified atom stereocenters. The van der Waals surface area contributed by atoms with Crippen LogP contribution < -0.4 is 5.73 Å². The lowest BCUT2D eigenvalue weighted by Gasteiger charge is -2.08. The molecule has 0 saturated carbocycles. The number of nitrogens with two attached hydrogens (primary N) is 1. The number of hydrogen-bond donors (Lipinski definition) is 2. The molecule has 0 spiro atoms. The Labute approximate surface area is 132 Å². The number of Topliss-reactive ketones (excluding diaryl/α,β-unsaturated/α-hetero) is 1. The third-order valence-electron chi connectivity index (χ3n) is 3.81. The number of oxime groups is 1. The summed E-state index contributed by atoms with van der Waals surface area (Å²) in [5.74, 6) is -0.0167. The summed E-state index contributed by atoms with van der Waals surface area (Å²) in [5, 5.41) is 11.8. The predicted molar refractivity (Wildman–Crippen MR) is 86.9 cm³/mol. The Balaban J connectivity index is 1.94. The molecule has 0 atom stereocenters. The van der Waals surface area contributed by atoms with Crippen molar-refractivity contribution in [3.05, 3.63) is 71.2 Å². The first-order chi connectivity index (χ1) is 11.1. The quantitative estimate of drug-likeness (QED) is 0.254. The number of pyridine rings is 1. The topological polar surface area (TPSA) is 93.0 Å². The van der Waals surface area contributed by atoms with E-state index in [2.05, 4.69) is 10.1 Å². The van der Waals surface area contributed by atoms with Crippen molar-refractivity contribution in [2.75, 3.05) is 0 Å². The smallest absolute Gasteiger partial charge is 0.185 e. The van der Waals surface area contributed by atoms with E-state index in [0.717, 1.165) is 16.8 Å². The van der Waals surface area contributed by atoms with Crippen LogP contribution in [0.25, 0.3) is 5.65 Å². The monoisotopic (exact) mass is 308 g/mol. The summed E-state index contributed by atoms with van der Waals surface area (Å²) in [4.78, 5) is 16.9. The van der Waals surface area contributed by atoms with Gasteiger partial charge in [0.15, 0.2) is 11.6 Å². The summed E-state index contributed by atoms with van der Waals surface area (Å²) in [6.45, 7) is 1.92. The van der Waals surface area contributed by atoms with E-state index in [9.17, 15) is 4.79 Å². The van der Waals surface area contributed by atoms with E-state index in [4.69, 9.17) is 10.9 Å². The number of aryl methyl sites for hydroxylation is 1. The van der Waals surface area contributed by atoms with Gasteiger partial charge in [-0.2, -0.15) is 0 Å². The maximum Gasteiger partial charge on any atom is 0.185 e. The largest absolute Gasteiger partial charge is 0.409 e. The summed E-state index contributed by atoms with van der Waals surface area (Å²) in [7, 11) is 0. The molecule has 2 aromatic heterocycles. The number of aromatic nitrogens is 2. The normalized spacial score (nSPS) is 11.8. The van der Waals surface area contributed by atoms with Crippen molar-refractivity contribution in [3.8, 4) is 0 Å². The first-order valence-electron chi connectivity index (χ1n) is 7.13. The van der Waals surface area contributed by atoms with Crippen molar-refractivity contribution in [2.45, 2.75) is 13.3 Å². The summed E-state index contributed by atoms with van der Waals surface area (Å²) in [5.41, 5.74) is 9.28. The highest BCUT2D eigenvalue weighted by Crippen LogP contribution is 2.15. The maximum atomic E-state index is 12.6. The lowest BCUT2D eigenvalue weighted by Crippen LogP contribution is -2.14. The molecule has 0 aliphatic carbocycles. The standard InChI is InChI=1S/C17H16N4O2/c1-11-5-6-12(17(18)20-23)8-13(11)9-15(22)14-10-19-16-4-2-3-7-21(14)16/h2-8,10,23H,9H2,1H3,(H2,18,20). The summed E-state index contributed by atoms with van der Waals surface area (Å²) < 4.78 is 1.77. The fourth-order valence-corrected chi connectivity index (χ4v) is 2.48. The molecule has 0 aliphatic rings. The Morgan fingerprint density at radius 2 is 2.17 bits per heavy atom. The number of rotatable bonds is 4. The Morgan fingerprint density at radius 1 is 1.35 bits per heavy atom. The van der Waals surface area contributed by atoms with Gasteiger partial charge < -0.3 is 10.9 Å². The molecule has 0 amide bonds. The van der Waals surface area contributed by atoms with Gasteiger partial charge in [0, 0.05) is 18.2 Å². The molecule has 3 rings (SSSR count). The molecule has 6 heteroatoms. The van der Waals surface area contributed by atoms with E-state index in [1.54, 1.807) is 22.7 Å². The second kappa shape index (κ2) is 5.92. The molecule has 23 heavy (non-hydrogen) atoms. The Bertz CT molecular complexity index is 912. The van der Waals surface area contributed by atoms with Gasteiger partial charge in [0.05, 0.1) is 6.20 Å². The maximum absolute atomic E-state index is 12.6. The van der Waals surface area contributed by atoms with Crippen LogP contribution in [0.1, 0.15) is 27.2 Å².